The average Bonchev–Trinajstić information content (AvgIpc) is 2.42. The second kappa shape index (κ2) is 4.89. The number of nitrogens with two attached hydrogens (primary N) is 1. The van der Waals surface area contributed by atoms with Crippen LogP contribution in [0.1, 0.15) is 12.8 Å². The fraction of sp³-hybridized carbons (Fsp3) is 0.385. The molecule has 1 aromatic carbocycles. The molecule has 6 heteroatoms. The van der Waals surface area contributed by atoms with Crippen molar-refractivity contribution < 1.29 is 4.74 Å². The summed E-state index contributed by atoms with van der Waals surface area (Å²) in [6, 6.07) is 3.86. The van der Waals surface area contributed by atoms with Gasteiger partial charge in [-0.3, -0.25) is 4.79 Å². The molecule has 1 aliphatic rings. The molecule has 100 valence electrons. The number of rotatable bonds is 2. The van der Waals surface area contributed by atoms with Crippen molar-refractivity contribution in [2.24, 2.45) is 0 Å². The molecule has 0 unspecified atom stereocenters. The minimum atomic E-state index is -0.172. The Labute approximate surface area is 110 Å². The van der Waals surface area contributed by atoms with E-state index in [2.05, 4.69) is 15.3 Å². The second-order valence-electron chi connectivity index (χ2n) is 4.72. The number of hydrogen-bond acceptors (Lipinski definition) is 5. The first-order chi connectivity index (χ1) is 9.24. The van der Waals surface area contributed by atoms with Crippen molar-refractivity contribution in [1.29, 1.82) is 0 Å². The fourth-order valence-electron chi connectivity index (χ4n) is 2.32. The zero-order valence-electron chi connectivity index (χ0n) is 10.5. The summed E-state index contributed by atoms with van der Waals surface area (Å²) >= 11 is 0. The minimum absolute atomic E-state index is 0.172. The first-order valence-electron chi connectivity index (χ1n) is 6.35. The molecule has 0 bridgehead atoms. The number of aromatic amines is 1. The van der Waals surface area contributed by atoms with Gasteiger partial charge in [0.05, 0.1) is 28.6 Å². The standard InChI is InChI=1S/C13H16N4O2/c14-10-5-9-11(15-7-16-13(9)18)6-12(10)17-8-1-3-19-4-2-8/h5-8,17H,1-4,14H2,(H,15,16,18). The summed E-state index contributed by atoms with van der Waals surface area (Å²) in [6.07, 6.45) is 3.32. The third-order valence-electron chi connectivity index (χ3n) is 3.39. The van der Waals surface area contributed by atoms with Crippen LogP contribution in [0, 0.1) is 0 Å². The fourth-order valence-corrected chi connectivity index (χ4v) is 2.32. The summed E-state index contributed by atoms with van der Waals surface area (Å²) < 4.78 is 5.32. The maximum absolute atomic E-state index is 11.6. The van der Waals surface area contributed by atoms with Crippen molar-refractivity contribution in [3.05, 3.63) is 28.8 Å². The van der Waals surface area contributed by atoms with Crippen LogP contribution in [-0.2, 0) is 4.74 Å². The van der Waals surface area contributed by atoms with Crippen molar-refractivity contribution in [2.75, 3.05) is 24.3 Å². The molecule has 4 N–H and O–H groups in total. The number of anilines is 2. The van der Waals surface area contributed by atoms with E-state index in [4.69, 9.17) is 10.5 Å². The molecule has 1 saturated heterocycles. The predicted octanol–water partition coefficient (Wildman–Crippen LogP) is 1.10. The number of fused-ring (bicyclic) bond motifs is 1. The quantitative estimate of drug-likeness (QED) is 0.703. The Morgan fingerprint density at radius 2 is 2.16 bits per heavy atom. The lowest BCUT2D eigenvalue weighted by Crippen LogP contribution is -2.28. The molecule has 0 saturated carbocycles. The van der Waals surface area contributed by atoms with Crippen LogP contribution in [0.2, 0.25) is 0 Å². The molecule has 3 rings (SSSR count). The number of hydrogen-bond donors (Lipinski definition) is 3. The molecule has 0 spiro atoms. The SMILES string of the molecule is Nc1cc2c(=O)[nH]cnc2cc1NC1CCOCC1. The Morgan fingerprint density at radius 1 is 1.37 bits per heavy atom. The zero-order chi connectivity index (χ0) is 13.2. The molecule has 1 aliphatic heterocycles. The number of nitrogen functional groups attached to an aromatic ring is 1. The highest BCUT2D eigenvalue weighted by molar-refractivity contribution is 5.88. The molecule has 1 aromatic heterocycles. The van der Waals surface area contributed by atoms with E-state index in [1.807, 2.05) is 6.07 Å². The lowest BCUT2D eigenvalue weighted by molar-refractivity contribution is 0.0904. The Bertz CT molecular complexity index is 647. The van der Waals surface area contributed by atoms with Crippen LogP contribution < -0.4 is 16.6 Å². The van der Waals surface area contributed by atoms with Gasteiger partial charge in [0.1, 0.15) is 0 Å². The van der Waals surface area contributed by atoms with Gasteiger partial charge in [-0.2, -0.15) is 0 Å². The molecule has 0 aliphatic carbocycles. The van der Waals surface area contributed by atoms with Crippen molar-refractivity contribution in [2.45, 2.75) is 18.9 Å². The Balaban J connectivity index is 1.95. The van der Waals surface area contributed by atoms with Gasteiger partial charge in [-0.25, -0.2) is 4.98 Å². The molecule has 2 aromatic rings. The van der Waals surface area contributed by atoms with E-state index in [9.17, 15) is 4.79 Å². The van der Waals surface area contributed by atoms with Crippen LogP contribution in [0.3, 0.4) is 0 Å². The van der Waals surface area contributed by atoms with Crippen LogP contribution in [-0.4, -0.2) is 29.2 Å². The van der Waals surface area contributed by atoms with Gasteiger partial charge < -0.3 is 20.8 Å². The molecule has 19 heavy (non-hydrogen) atoms. The predicted molar refractivity (Wildman–Crippen MR) is 74.2 cm³/mol. The first kappa shape index (κ1) is 12.0. The van der Waals surface area contributed by atoms with E-state index in [1.165, 1.54) is 6.33 Å². The molecule has 0 atom stereocenters. The minimum Gasteiger partial charge on any atom is -0.397 e. The molecule has 0 radical (unpaired) electrons. The molecular formula is C13H16N4O2. The van der Waals surface area contributed by atoms with E-state index in [0.29, 0.717) is 22.6 Å². The molecule has 0 amide bonds. The largest absolute Gasteiger partial charge is 0.397 e. The van der Waals surface area contributed by atoms with Crippen molar-refractivity contribution in [1.82, 2.24) is 9.97 Å². The monoisotopic (exact) mass is 260 g/mol. The summed E-state index contributed by atoms with van der Waals surface area (Å²) in [5.74, 6) is 0. The average molecular weight is 260 g/mol. The molecule has 2 heterocycles. The second-order valence-corrected chi connectivity index (χ2v) is 4.72. The van der Waals surface area contributed by atoms with Gasteiger partial charge in [0.25, 0.3) is 5.56 Å². The van der Waals surface area contributed by atoms with Crippen molar-refractivity contribution in [3.8, 4) is 0 Å². The highest BCUT2D eigenvalue weighted by atomic mass is 16.5. The Kier molecular flexibility index (Phi) is 3.08. The Morgan fingerprint density at radius 3 is 2.95 bits per heavy atom. The van der Waals surface area contributed by atoms with E-state index in [-0.39, 0.29) is 5.56 Å². The summed E-state index contributed by atoms with van der Waals surface area (Å²) in [6.45, 7) is 1.53. The van der Waals surface area contributed by atoms with Crippen LogP contribution in [0.4, 0.5) is 11.4 Å². The van der Waals surface area contributed by atoms with Gasteiger partial charge in [-0.05, 0) is 25.0 Å². The van der Waals surface area contributed by atoms with Crippen LogP contribution >= 0.6 is 0 Å². The van der Waals surface area contributed by atoms with Crippen LogP contribution in [0.5, 0.6) is 0 Å². The van der Waals surface area contributed by atoms with Gasteiger partial charge in [-0.15, -0.1) is 0 Å². The lowest BCUT2D eigenvalue weighted by Gasteiger charge is -2.24. The smallest absolute Gasteiger partial charge is 0.258 e. The van der Waals surface area contributed by atoms with E-state index < -0.39 is 0 Å². The van der Waals surface area contributed by atoms with Gasteiger partial charge in [0.15, 0.2) is 0 Å². The normalized spacial score (nSPS) is 16.6. The number of nitrogens with one attached hydrogen (secondary N) is 2. The van der Waals surface area contributed by atoms with Gasteiger partial charge in [0.2, 0.25) is 0 Å². The number of aromatic nitrogens is 2. The maximum Gasteiger partial charge on any atom is 0.258 e. The Hall–Kier alpha value is -2.08. The number of nitrogens with zero attached hydrogens (tertiary/aromatic N) is 1. The van der Waals surface area contributed by atoms with Gasteiger partial charge in [-0.1, -0.05) is 0 Å². The van der Waals surface area contributed by atoms with Crippen LogP contribution in [0.25, 0.3) is 10.9 Å². The van der Waals surface area contributed by atoms with E-state index in [1.54, 1.807) is 6.07 Å². The van der Waals surface area contributed by atoms with E-state index in [0.717, 1.165) is 31.7 Å². The zero-order valence-corrected chi connectivity index (χ0v) is 10.5. The summed E-state index contributed by atoms with van der Waals surface area (Å²) in [5, 5.41) is 3.92. The number of benzene rings is 1. The number of ether oxygens (including phenoxy) is 1. The first-order valence-corrected chi connectivity index (χ1v) is 6.35. The lowest BCUT2D eigenvalue weighted by atomic mass is 10.1. The highest BCUT2D eigenvalue weighted by Crippen LogP contribution is 2.25. The topological polar surface area (TPSA) is 93.0 Å². The highest BCUT2D eigenvalue weighted by Gasteiger charge is 2.15. The van der Waals surface area contributed by atoms with Crippen LogP contribution in [0.15, 0.2) is 23.3 Å². The summed E-state index contributed by atoms with van der Waals surface area (Å²) in [5.41, 5.74) is 7.87. The summed E-state index contributed by atoms with van der Waals surface area (Å²) in [7, 11) is 0. The van der Waals surface area contributed by atoms with Gasteiger partial charge >= 0.3 is 0 Å². The third kappa shape index (κ3) is 2.39. The number of H-pyrrole nitrogens is 1. The molecule has 1 fully saturated rings. The maximum atomic E-state index is 11.6. The summed E-state index contributed by atoms with van der Waals surface area (Å²) in [4.78, 5) is 18.3. The molecular weight excluding hydrogens is 244 g/mol. The van der Waals surface area contributed by atoms with Crippen molar-refractivity contribution in [3.63, 3.8) is 0 Å². The van der Waals surface area contributed by atoms with Gasteiger partial charge in [0, 0.05) is 19.3 Å². The van der Waals surface area contributed by atoms with Crippen molar-refractivity contribution >= 4 is 22.3 Å². The van der Waals surface area contributed by atoms with E-state index >= 15 is 0 Å². The molecule has 6 nitrogen and oxygen atoms in total. The third-order valence-corrected chi connectivity index (χ3v) is 3.39.